The summed E-state index contributed by atoms with van der Waals surface area (Å²) in [4.78, 5) is 140. The van der Waals surface area contributed by atoms with Gasteiger partial charge in [0.25, 0.3) is 0 Å². The van der Waals surface area contributed by atoms with Crippen LogP contribution >= 0.6 is 0 Å². The van der Waals surface area contributed by atoms with Gasteiger partial charge in [-0.2, -0.15) is 0 Å². The maximum atomic E-state index is 14.0. The molecule has 71 heavy (non-hydrogen) atoms. The van der Waals surface area contributed by atoms with Gasteiger partial charge in [-0.25, -0.2) is 4.79 Å². The van der Waals surface area contributed by atoms with Crippen molar-refractivity contribution >= 4 is 71.1 Å². The lowest BCUT2D eigenvalue weighted by atomic mass is 10.0. The van der Waals surface area contributed by atoms with E-state index >= 15 is 0 Å². The molecule has 0 aromatic rings. The third-order valence-electron chi connectivity index (χ3n) is 10.8. The number of nitrogens with one attached hydrogen (secondary N) is 8. The molecule has 1 rings (SSSR count). The van der Waals surface area contributed by atoms with Gasteiger partial charge in [0, 0.05) is 19.6 Å². The number of aliphatic hydroxyl groups is 3. The number of hydrogen-bond acceptors (Lipinski definition) is 16. The molecule has 0 aromatic carbocycles. The first kappa shape index (κ1) is 62.1. The Balaban J connectivity index is 3.10. The van der Waals surface area contributed by atoms with E-state index in [-0.39, 0.29) is 63.7 Å². The Morgan fingerprint density at radius 1 is 0.620 bits per heavy atom. The number of amides is 9. The molecule has 1 heterocycles. The van der Waals surface area contributed by atoms with Gasteiger partial charge in [-0.3, -0.25) is 53.1 Å². The molecule has 0 radical (unpaired) electrons. The molecule has 1 fully saturated rings. The van der Waals surface area contributed by atoms with Crippen molar-refractivity contribution in [1.29, 1.82) is 0 Å². The molecule has 1 saturated heterocycles. The average molecular weight is 1020 g/mol. The summed E-state index contributed by atoms with van der Waals surface area (Å²) in [6.07, 6.45) is -2.15. The van der Waals surface area contributed by atoms with Gasteiger partial charge in [-0.15, -0.1) is 0 Å². The number of carboxylic acid groups (broad SMARTS) is 1. The summed E-state index contributed by atoms with van der Waals surface area (Å²) in [5.41, 5.74) is 27.2. The van der Waals surface area contributed by atoms with E-state index in [1.54, 1.807) is 13.8 Å². The number of likely N-dealkylation sites (tertiary alicyclic amines) is 1. The number of carbonyl (C=O) groups excluding carboxylic acids is 9. The van der Waals surface area contributed by atoms with Crippen LogP contribution in [0.4, 0.5) is 0 Å². The Labute approximate surface area is 410 Å². The maximum absolute atomic E-state index is 14.0. The maximum Gasteiger partial charge on any atom is 0.328 e. The second-order valence-corrected chi connectivity index (χ2v) is 17.3. The highest BCUT2D eigenvalue weighted by molar-refractivity contribution is 5.98. The highest BCUT2D eigenvalue weighted by Gasteiger charge is 2.40. The van der Waals surface area contributed by atoms with Crippen LogP contribution < -0.4 is 71.2 Å². The third-order valence-corrected chi connectivity index (χ3v) is 10.8. The summed E-state index contributed by atoms with van der Waals surface area (Å²) >= 11 is 0. The predicted octanol–water partition coefficient (Wildman–Crippen LogP) is -8.54. The lowest BCUT2D eigenvalue weighted by Crippen LogP contribution is -2.60. The SMILES string of the molecule is CC(C)[C@H](NC(=O)[C@H](CCCN=C(N)N)NC(=O)[C@@H](N)CO)C(=O)N1CCC[C@H]1C(=O)NCC(=O)N[C@@H](CCCN=C(N)N)C(=O)N[C@@H](C)C(=O)N[C@H](C(=O)N[C@@H](C)C(=O)N[C@H](C(=O)O)[C@@H](C)O)[C@@H](C)O. The van der Waals surface area contributed by atoms with Gasteiger partial charge < -0.3 is 96.5 Å². The molecule has 30 heteroatoms. The highest BCUT2D eigenvalue weighted by Crippen LogP contribution is 2.21. The lowest BCUT2D eigenvalue weighted by molar-refractivity contribution is -0.145. The smallest absolute Gasteiger partial charge is 0.328 e. The Bertz CT molecular complexity index is 1930. The average Bonchev–Trinajstić information content (AvgIpc) is 3.79. The zero-order valence-electron chi connectivity index (χ0n) is 40.8. The van der Waals surface area contributed by atoms with Gasteiger partial charge >= 0.3 is 5.97 Å². The number of nitrogens with two attached hydrogens (primary N) is 5. The number of hydrogen-bond donors (Lipinski definition) is 17. The number of guanidine groups is 2. The third kappa shape index (κ3) is 21.7. The largest absolute Gasteiger partial charge is 0.480 e. The molecule has 0 aromatic heterocycles. The lowest BCUT2D eigenvalue weighted by Gasteiger charge is -2.31. The molecule has 0 aliphatic carbocycles. The molecule has 0 bridgehead atoms. The second-order valence-electron chi connectivity index (χ2n) is 17.3. The molecule has 11 atom stereocenters. The number of nitrogens with zero attached hydrogens (tertiary/aromatic N) is 3. The molecule has 402 valence electrons. The van der Waals surface area contributed by atoms with Crippen molar-refractivity contribution in [2.45, 2.75) is 147 Å². The number of carbonyl (C=O) groups is 10. The fourth-order valence-electron chi connectivity index (χ4n) is 6.78. The first-order chi connectivity index (χ1) is 33.1. The van der Waals surface area contributed by atoms with Crippen molar-refractivity contribution in [2.75, 3.05) is 32.8 Å². The Kier molecular flexibility index (Phi) is 26.8. The van der Waals surface area contributed by atoms with Gasteiger partial charge in [-0.1, -0.05) is 13.8 Å². The van der Waals surface area contributed by atoms with Crippen molar-refractivity contribution in [1.82, 2.24) is 47.4 Å². The fourth-order valence-corrected chi connectivity index (χ4v) is 6.78. The second kappa shape index (κ2) is 30.6. The number of rotatable bonds is 30. The molecule has 9 amide bonds. The summed E-state index contributed by atoms with van der Waals surface area (Å²) < 4.78 is 0. The molecule has 1 aliphatic rings. The topological polar surface area (TPSA) is 506 Å². The first-order valence-corrected chi connectivity index (χ1v) is 22.9. The van der Waals surface area contributed by atoms with Crippen LogP contribution in [0.2, 0.25) is 0 Å². The zero-order valence-corrected chi connectivity index (χ0v) is 40.8. The van der Waals surface area contributed by atoms with Crippen molar-refractivity contribution in [3.05, 3.63) is 0 Å². The van der Waals surface area contributed by atoms with Crippen molar-refractivity contribution in [2.24, 2.45) is 44.6 Å². The number of aliphatic carboxylic acids is 1. The minimum Gasteiger partial charge on any atom is -0.480 e. The quantitative estimate of drug-likeness (QED) is 0.0180. The van der Waals surface area contributed by atoms with Crippen LogP contribution in [-0.4, -0.2) is 196 Å². The van der Waals surface area contributed by atoms with Gasteiger partial charge in [0.05, 0.1) is 25.4 Å². The van der Waals surface area contributed by atoms with E-state index < -0.39 is 145 Å². The Morgan fingerprint density at radius 2 is 1.08 bits per heavy atom. The van der Waals surface area contributed by atoms with E-state index in [0.29, 0.717) is 6.42 Å². The molecular weight excluding hydrogens is 941 g/mol. The van der Waals surface area contributed by atoms with Crippen molar-refractivity contribution in [3.8, 4) is 0 Å². The number of carboxylic acids is 1. The molecule has 1 aliphatic heterocycles. The van der Waals surface area contributed by atoms with Crippen LogP contribution in [0.15, 0.2) is 9.98 Å². The van der Waals surface area contributed by atoms with Gasteiger partial charge in [0.1, 0.15) is 48.3 Å². The fraction of sp³-hybridized carbons (Fsp3) is 0.707. The monoisotopic (exact) mass is 1010 g/mol. The van der Waals surface area contributed by atoms with E-state index in [0.717, 1.165) is 13.8 Å². The van der Waals surface area contributed by atoms with E-state index in [2.05, 4.69) is 52.5 Å². The van der Waals surface area contributed by atoms with Crippen LogP contribution in [0.3, 0.4) is 0 Å². The Morgan fingerprint density at radius 3 is 1.55 bits per heavy atom. The summed E-state index contributed by atoms with van der Waals surface area (Å²) in [5.74, 6) is -10.2. The summed E-state index contributed by atoms with van der Waals surface area (Å²) in [6.45, 7) is 6.90. The standard InChI is InChI=1S/C41H74N16O14/c1-18(2)28(54-35(66)25(11-8-14-48-41(45)46)53-33(64)23(42)17-58)38(69)57-15-9-12-26(57)36(67)49-16-27(61)52-24(10-7-13-47-40(43)44)34(65)50-19(3)31(62)55-29(21(5)59)37(68)51-20(4)32(63)56-30(22(6)60)39(70)71/h18-26,28-30,58-60H,7-17,42H2,1-6H3,(H,49,67)(H,50,65)(H,51,68)(H,52,61)(H,53,64)(H,54,66)(H,55,62)(H,56,63)(H,70,71)(H4,43,44,47)(H4,45,46,48)/t19-,20-,21+,22+,23-,24-,25-,26-,28-,29-,30-/m0/s1. The van der Waals surface area contributed by atoms with Crippen LogP contribution in [0.5, 0.6) is 0 Å². The molecule has 0 unspecified atom stereocenters. The van der Waals surface area contributed by atoms with E-state index in [4.69, 9.17) is 28.7 Å². The summed E-state index contributed by atoms with van der Waals surface area (Å²) in [6, 6.07) is -12.3. The normalized spacial score (nSPS) is 17.4. The van der Waals surface area contributed by atoms with Crippen molar-refractivity contribution < 1.29 is 68.4 Å². The predicted molar refractivity (Wildman–Crippen MR) is 253 cm³/mol. The molecule has 0 spiro atoms. The molecule has 0 saturated carbocycles. The van der Waals surface area contributed by atoms with Gasteiger partial charge in [-0.05, 0) is 72.1 Å². The van der Waals surface area contributed by atoms with E-state index in [1.807, 2.05) is 0 Å². The molecule has 22 N–H and O–H groups in total. The van der Waals surface area contributed by atoms with Crippen molar-refractivity contribution in [3.63, 3.8) is 0 Å². The van der Waals surface area contributed by atoms with Crippen LogP contribution in [-0.2, 0) is 47.9 Å². The van der Waals surface area contributed by atoms with Gasteiger partial charge in [0.15, 0.2) is 18.0 Å². The Hall–Kier alpha value is -6.92. The van der Waals surface area contributed by atoms with E-state index in [1.165, 1.54) is 18.7 Å². The van der Waals surface area contributed by atoms with Crippen LogP contribution in [0.1, 0.15) is 80.1 Å². The van der Waals surface area contributed by atoms with E-state index in [9.17, 15) is 68.4 Å². The number of aliphatic hydroxyl groups excluding tert-OH is 3. The first-order valence-electron chi connectivity index (χ1n) is 22.9. The van der Waals surface area contributed by atoms with Crippen LogP contribution in [0, 0.1) is 5.92 Å². The zero-order chi connectivity index (χ0) is 54.3. The minimum absolute atomic E-state index is 0.0254. The molecular formula is C41H74N16O14. The number of aliphatic imine (C=N–C) groups is 2. The minimum atomic E-state index is -1.70. The van der Waals surface area contributed by atoms with Gasteiger partial charge in [0.2, 0.25) is 53.2 Å². The van der Waals surface area contributed by atoms with Crippen LogP contribution in [0.25, 0.3) is 0 Å². The highest BCUT2D eigenvalue weighted by atomic mass is 16.4. The summed E-state index contributed by atoms with van der Waals surface area (Å²) in [5, 5.41) is 57.6. The molecule has 30 nitrogen and oxygen atoms in total. The summed E-state index contributed by atoms with van der Waals surface area (Å²) in [7, 11) is 0.